The molecule has 3 unspecified atom stereocenters. The molecule has 9 heteroatoms. The van der Waals surface area contributed by atoms with Crippen molar-refractivity contribution in [1.29, 1.82) is 0 Å². The van der Waals surface area contributed by atoms with Gasteiger partial charge in [-0.3, -0.25) is 17.8 Å². The van der Waals surface area contributed by atoms with Gasteiger partial charge in [-0.25, -0.2) is 4.57 Å². The average molecular weight is 258 g/mol. The van der Waals surface area contributed by atoms with Gasteiger partial charge in [0.2, 0.25) is 0 Å². The van der Waals surface area contributed by atoms with Gasteiger partial charge in [-0.05, 0) is 6.92 Å². The minimum Gasteiger partial charge on any atom is -0.284 e. The van der Waals surface area contributed by atoms with E-state index < -0.39 is 24.0 Å². The van der Waals surface area contributed by atoms with Crippen molar-refractivity contribution in [3.05, 3.63) is 0 Å². The molecule has 2 fully saturated rings. The van der Waals surface area contributed by atoms with E-state index >= 15 is 0 Å². The first kappa shape index (κ1) is 11.5. The Labute approximate surface area is 87.4 Å². The smallest absolute Gasteiger partial charge is 0.284 e. The van der Waals surface area contributed by atoms with Crippen LogP contribution >= 0.6 is 7.82 Å². The summed E-state index contributed by atoms with van der Waals surface area (Å²) >= 11 is 0. The van der Waals surface area contributed by atoms with Crippen LogP contribution in [0.3, 0.4) is 0 Å². The largest absolute Gasteiger partial charge is 0.475 e. The van der Waals surface area contributed by atoms with E-state index in [0.29, 0.717) is 0 Å². The highest BCUT2D eigenvalue weighted by Gasteiger charge is 2.42. The monoisotopic (exact) mass is 258 g/mol. The van der Waals surface area contributed by atoms with E-state index in [4.69, 9.17) is 13.6 Å². The van der Waals surface area contributed by atoms with Crippen LogP contribution in [-0.2, 0) is 32.4 Å². The van der Waals surface area contributed by atoms with Gasteiger partial charge in [0.25, 0.3) is 10.1 Å². The Morgan fingerprint density at radius 3 is 2.60 bits per heavy atom. The predicted molar refractivity (Wildman–Crippen MR) is 48.7 cm³/mol. The van der Waals surface area contributed by atoms with Crippen LogP contribution in [-0.4, -0.2) is 39.6 Å². The third-order valence-corrected chi connectivity index (χ3v) is 4.79. The van der Waals surface area contributed by atoms with Crippen LogP contribution in [0, 0.1) is 0 Å². The SMILES string of the molecule is CC1COP(=O)(OC2COS(=O)(=O)C2)O1. The molecule has 3 atom stereocenters. The molecule has 88 valence electrons. The summed E-state index contributed by atoms with van der Waals surface area (Å²) in [6.45, 7) is 1.72. The Morgan fingerprint density at radius 2 is 2.13 bits per heavy atom. The molecule has 7 nitrogen and oxygen atoms in total. The number of rotatable bonds is 2. The lowest BCUT2D eigenvalue weighted by Crippen LogP contribution is -2.16. The normalized spacial score (nSPS) is 44.6. The molecule has 2 heterocycles. The Kier molecular flexibility index (Phi) is 2.91. The quantitative estimate of drug-likeness (QED) is 0.519. The molecule has 15 heavy (non-hydrogen) atoms. The summed E-state index contributed by atoms with van der Waals surface area (Å²) in [5.74, 6) is -0.321. The zero-order valence-corrected chi connectivity index (χ0v) is 9.70. The van der Waals surface area contributed by atoms with Gasteiger partial charge < -0.3 is 0 Å². The second-order valence-electron chi connectivity index (χ2n) is 3.40. The molecule has 0 spiro atoms. The lowest BCUT2D eigenvalue weighted by Gasteiger charge is -2.13. The summed E-state index contributed by atoms with van der Waals surface area (Å²) < 4.78 is 52.7. The topological polar surface area (TPSA) is 88.1 Å². The van der Waals surface area contributed by atoms with E-state index in [0.717, 1.165) is 0 Å². The van der Waals surface area contributed by atoms with Crippen molar-refractivity contribution in [3.8, 4) is 0 Å². The fraction of sp³-hybridized carbons (Fsp3) is 1.00. The summed E-state index contributed by atoms with van der Waals surface area (Å²) in [7, 11) is -7.11. The van der Waals surface area contributed by atoms with E-state index in [2.05, 4.69) is 4.18 Å². The molecular weight excluding hydrogens is 247 g/mol. The van der Waals surface area contributed by atoms with Crippen molar-refractivity contribution >= 4 is 17.9 Å². The van der Waals surface area contributed by atoms with Crippen LogP contribution in [0.15, 0.2) is 0 Å². The Bertz CT molecular complexity index is 390. The summed E-state index contributed by atoms with van der Waals surface area (Å²) in [4.78, 5) is 0. The van der Waals surface area contributed by atoms with Crippen molar-refractivity contribution in [2.75, 3.05) is 19.0 Å². The second-order valence-corrected chi connectivity index (χ2v) is 6.65. The molecule has 0 aromatic carbocycles. The molecule has 2 aliphatic rings. The average Bonchev–Trinajstić information content (AvgIpc) is 2.56. The molecular formula is C6H11O7PS. The van der Waals surface area contributed by atoms with Crippen LogP contribution in [0.5, 0.6) is 0 Å². The summed E-state index contributed by atoms with van der Waals surface area (Å²) in [5, 5.41) is 0. The first-order valence-corrected chi connectivity index (χ1v) is 7.41. The number of phosphoric acid groups is 1. The van der Waals surface area contributed by atoms with E-state index in [1.165, 1.54) is 0 Å². The molecule has 0 aromatic heterocycles. The van der Waals surface area contributed by atoms with Gasteiger partial charge in [-0.15, -0.1) is 0 Å². The zero-order valence-electron chi connectivity index (χ0n) is 7.99. The van der Waals surface area contributed by atoms with Gasteiger partial charge in [-0.2, -0.15) is 8.42 Å². The van der Waals surface area contributed by atoms with Crippen molar-refractivity contribution in [2.24, 2.45) is 0 Å². The third kappa shape index (κ3) is 2.77. The van der Waals surface area contributed by atoms with E-state index in [1.807, 2.05) is 0 Å². The lowest BCUT2D eigenvalue weighted by molar-refractivity contribution is 0.117. The third-order valence-electron chi connectivity index (χ3n) is 1.88. The highest BCUT2D eigenvalue weighted by molar-refractivity contribution is 7.87. The van der Waals surface area contributed by atoms with Crippen molar-refractivity contribution in [1.82, 2.24) is 0 Å². The van der Waals surface area contributed by atoms with Crippen LogP contribution in [0.2, 0.25) is 0 Å². The van der Waals surface area contributed by atoms with E-state index in [1.54, 1.807) is 6.92 Å². The van der Waals surface area contributed by atoms with Crippen LogP contribution in [0.25, 0.3) is 0 Å². The van der Waals surface area contributed by atoms with Gasteiger partial charge in [0.1, 0.15) is 11.9 Å². The van der Waals surface area contributed by atoms with Gasteiger partial charge in [0.05, 0.1) is 19.3 Å². The molecule has 2 aliphatic heterocycles. The molecule has 0 amide bonds. The maximum absolute atomic E-state index is 11.7. The molecule has 0 saturated carbocycles. The molecule has 2 rings (SSSR count). The molecule has 0 bridgehead atoms. The predicted octanol–water partition coefficient (Wildman–Crippen LogP) is 0.275. The number of hydrogen-bond acceptors (Lipinski definition) is 7. The van der Waals surface area contributed by atoms with Crippen molar-refractivity contribution in [3.63, 3.8) is 0 Å². The fourth-order valence-corrected chi connectivity index (χ4v) is 4.02. The molecule has 0 aliphatic carbocycles. The molecule has 0 radical (unpaired) electrons. The maximum atomic E-state index is 11.7. The van der Waals surface area contributed by atoms with Gasteiger partial charge >= 0.3 is 7.82 Å². The Balaban J connectivity index is 1.96. The van der Waals surface area contributed by atoms with E-state index in [-0.39, 0.29) is 25.1 Å². The van der Waals surface area contributed by atoms with Gasteiger partial charge in [0.15, 0.2) is 0 Å². The van der Waals surface area contributed by atoms with Crippen LogP contribution in [0.1, 0.15) is 6.92 Å². The second kappa shape index (κ2) is 3.80. The Hall–Kier alpha value is 0.0200. The maximum Gasteiger partial charge on any atom is 0.475 e. The highest BCUT2D eigenvalue weighted by Crippen LogP contribution is 2.56. The first-order valence-electron chi connectivity index (χ1n) is 4.37. The lowest BCUT2D eigenvalue weighted by atomic mass is 10.5. The van der Waals surface area contributed by atoms with E-state index in [9.17, 15) is 13.0 Å². The van der Waals surface area contributed by atoms with Crippen LogP contribution in [0.4, 0.5) is 0 Å². The summed E-state index contributed by atoms with van der Waals surface area (Å²) in [5.41, 5.74) is 0. The molecule has 0 aromatic rings. The zero-order chi connectivity index (χ0) is 11.1. The van der Waals surface area contributed by atoms with Crippen molar-refractivity contribution < 1.29 is 30.7 Å². The molecule has 0 N–H and O–H groups in total. The fourth-order valence-electron chi connectivity index (χ4n) is 1.28. The van der Waals surface area contributed by atoms with Crippen LogP contribution < -0.4 is 0 Å². The number of phosphoric ester groups is 1. The molecule has 2 saturated heterocycles. The summed E-state index contributed by atoms with van der Waals surface area (Å²) in [6.07, 6.45) is -1.10. The first-order chi connectivity index (χ1) is 6.89. The van der Waals surface area contributed by atoms with Gasteiger partial charge in [0, 0.05) is 0 Å². The van der Waals surface area contributed by atoms with Crippen molar-refractivity contribution in [2.45, 2.75) is 19.1 Å². The minimum absolute atomic E-state index is 0.145. The van der Waals surface area contributed by atoms with Gasteiger partial charge in [-0.1, -0.05) is 0 Å². The minimum atomic E-state index is -3.58. The number of hydrogen-bond donors (Lipinski definition) is 0. The highest BCUT2D eigenvalue weighted by atomic mass is 32.2. The summed E-state index contributed by atoms with van der Waals surface area (Å²) in [6, 6.07) is 0. The standard InChI is InChI=1S/C6H11O7PS/c1-5-2-10-14(7,12-5)13-6-3-11-15(8,9)4-6/h5-6H,2-4H2,1H3. The Morgan fingerprint density at radius 1 is 1.40 bits per heavy atom.